The van der Waals surface area contributed by atoms with Crippen LogP contribution in [0.3, 0.4) is 0 Å². The monoisotopic (exact) mass is 557 g/mol. The molecule has 1 aliphatic rings. The zero-order chi connectivity index (χ0) is 21.4. The number of hydrogen-bond donors (Lipinski definition) is 0. The highest BCUT2D eigenvalue weighted by Crippen LogP contribution is 2.49. The Balaban J connectivity index is 2.02. The molecule has 0 N–H and O–H groups in total. The summed E-state index contributed by atoms with van der Waals surface area (Å²) in [4.78, 5) is 16.8. The van der Waals surface area contributed by atoms with Crippen molar-refractivity contribution in [2.24, 2.45) is 5.16 Å². The maximum atomic E-state index is 14.1. The molecule has 1 atom stereocenters. The van der Waals surface area contributed by atoms with Crippen molar-refractivity contribution in [3.8, 4) is 0 Å². The number of rotatable bonds is 4. The zero-order valence-electron chi connectivity index (χ0n) is 14.8. The molecule has 10 heteroatoms. The van der Waals surface area contributed by atoms with E-state index in [0.717, 1.165) is 12.1 Å². The number of alkyl halides is 4. The molecule has 0 bridgehead atoms. The molecular formula is C19H13Cl2F3INO3. The summed E-state index contributed by atoms with van der Waals surface area (Å²) in [6, 6.07) is 8.29. The lowest BCUT2D eigenvalue weighted by Gasteiger charge is -2.29. The average Bonchev–Trinajstić information content (AvgIpc) is 3.13. The van der Waals surface area contributed by atoms with Gasteiger partial charge in [-0.3, -0.25) is 0 Å². The van der Waals surface area contributed by atoms with Gasteiger partial charge in [0.2, 0.25) is 0 Å². The molecule has 1 aliphatic heterocycles. The van der Waals surface area contributed by atoms with E-state index >= 15 is 0 Å². The number of ether oxygens (including phenoxy) is 1. The topological polar surface area (TPSA) is 47.9 Å². The van der Waals surface area contributed by atoms with Gasteiger partial charge in [0, 0.05) is 26.5 Å². The number of esters is 1. The number of benzene rings is 2. The molecule has 4 nitrogen and oxygen atoms in total. The van der Waals surface area contributed by atoms with Crippen molar-refractivity contribution < 1.29 is 27.5 Å². The van der Waals surface area contributed by atoms with Crippen molar-refractivity contribution in [1.82, 2.24) is 0 Å². The molecule has 2 aromatic rings. The van der Waals surface area contributed by atoms with E-state index in [2.05, 4.69) is 27.7 Å². The quantitative estimate of drug-likeness (QED) is 0.252. The number of carbonyl (C=O) groups is 1. The number of halogens is 6. The van der Waals surface area contributed by atoms with Crippen LogP contribution in [0.4, 0.5) is 13.2 Å². The van der Waals surface area contributed by atoms with Gasteiger partial charge in [-0.2, -0.15) is 13.2 Å². The minimum Gasteiger partial charge on any atom is -0.465 e. The van der Waals surface area contributed by atoms with Crippen LogP contribution in [0.25, 0.3) is 0 Å². The van der Waals surface area contributed by atoms with Crippen molar-refractivity contribution in [1.29, 1.82) is 0 Å². The summed E-state index contributed by atoms with van der Waals surface area (Å²) in [6.07, 6.45) is -5.34. The highest BCUT2D eigenvalue weighted by atomic mass is 127. The molecule has 0 radical (unpaired) electrons. The van der Waals surface area contributed by atoms with Gasteiger partial charge in [-0.25, -0.2) is 4.79 Å². The van der Waals surface area contributed by atoms with E-state index in [1.54, 1.807) is 6.07 Å². The number of methoxy groups -OCH3 is 1. The van der Waals surface area contributed by atoms with E-state index in [0.29, 0.717) is 21.1 Å². The van der Waals surface area contributed by atoms with E-state index in [1.807, 2.05) is 0 Å². The molecule has 3 rings (SSSR count). The SMILES string of the molecule is COC(=O)c1ccc(C2=NOC(c3cc(Cl)cc(Cl)c3)(C(F)(F)F)C2)cc1CI. The first kappa shape index (κ1) is 22.2. The average molecular weight is 558 g/mol. The molecule has 154 valence electrons. The van der Waals surface area contributed by atoms with Gasteiger partial charge in [-0.15, -0.1) is 0 Å². The van der Waals surface area contributed by atoms with Crippen LogP contribution in [0, 0.1) is 0 Å². The van der Waals surface area contributed by atoms with Crippen LogP contribution in [0.1, 0.15) is 33.5 Å². The molecule has 0 fully saturated rings. The maximum absolute atomic E-state index is 14.1. The summed E-state index contributed by atoms with van der Waals surface area (Å²) >= 11 is 13.9. The number of carbonyl (C=O) groups excluding carboxylic acids is 1. The third-order valence-corrected chi connectivity index (χ3v) is 5.76. The first-order valence-electron chi connectivity index (χ1n) is 8.17. The highest BCUT2D eigenvalue weighted by Gasteiger charge is 2.62. The Morgan fingerprint density at radius 1 is 1.24 bits per heavy atom. The van der Waals surface area contributed by atoms with Crippen LogP contribution in [0.5, 0.6) is 0 Å². The van der Waals surface area contributed by atoms with E-state index in [9.17, 15) is 18.0 Å². The van der Waals surface area contributed by atoms with Gasteiger partial charge in [-0.05, 0) is 41.5 Å². The highest BCUT2D eigenvalue weighted by molar-refractivity contribution is 14.1. The molecule has 0 saturated heterocycles. The van der Waals surface area contributed by atoms with Gasteiger partial charge in [0.1, 0.15) is 0 Å². The molecule has 2 aromatic carbocycles. The Morgan fingerprint density at radius 3 is 2.45 bits per heavy atom. The second-order valence-corrected chi connectivity index (χ2v) is 7.92. The smallest absolute Gasteiger partial charge is 0.435 e. The second kappa shape index (κ2) is 8.31. The van der Waals surface area contributed by atoms with Crippen molar-refractivity contribution in [3.63, 3.8) is 0 Å². The molecule has 0 saturated carbocycles. The Hall–Kier alpha value is -1.52. The second-order valence-electron chi connectivity index (χ2n) is 6.29. The van der Waals surface area contributed by atoms with Crippen molar-refractivity contribution in [3.05, 3.63) is 68.7 Å². The molecule has 0 spiro atoms. The fraction of sp³-hybridized carbons (Fsp3) is 0.263. The first-order chi connectivity index (χ1) is 13.6. The van der Waals surface area contributed by atoms with Crippen LogP contribution in [0.15, 0.2) is 41.6 Å². The van der Waals surface area contributed by atoms with Gasteiger partial charge in [0.05, 0.1) is 18.4 Å². The van der Waals surface area contributed by atoms with Crippen LogP contribution < -0.4 is 0 Å². The van der Waals surface area contributed by atoms with Crippen LogP contribution in [0.2, 0.25) is 10.0 Å². The largest absolute Gasteiger partial charge is 0.465 e. The summed E-state index contributed by atoms with van der Waals surface area (Å²) in [5, 5.41) is 3.84. The zero-order valence-corrected chi connectivity index (χ0v) is 18.5. The van der Waals surface area contributed by atoms with E-state index in [4.69, 9.17) is 32.8 Å². The number of oxime groups is 1. The van der Waals surface area contributed by atoms with Gasteiger partial charge >= 0.3 is 12.1 Å². The summed E-state index contributed by atoms with van der Waals surface area (Å²) in [5.41, 5.74) is -1.46. The normalized spacial score (nSPS) is 18.9. The molecule has 29 heavy (non-hydrogen) atoms. The molecule has 0 aromatic heterocycles. The lowest BCUT2D eigenvalue weighted by atomic mass is 9.86. The van der Waals surface area contributed by atoms with Gasteiger partial charge in [-0.1, -0.05) is 57.0 Å². The third-order valence-electron chi connectivity index (χ3n) is 4.50. The molecular weight excluding hydrogens is 545 g/mol. The van der Waals surface area contributed by atoms with E-state index in [1.165, 1.54) is 25.3 Å². The third kappa shape index (κ3) is 4.20. The predicted molar refractivity (Wildman–Crippen MR) is 112 cm³/mol. The van der Waals surface area contributed by atoms with E-state index < -0.39 is 24.2 Å². The summed E-state index contributed by atoms with van der Waals surface area (Å²) in [7, 11) is 1.26. The minimum atomic E-state index is -4.77. The van der Waals surface area contributed by atoms with Crippen LogP contribution >= 0.6 is 45.8 Å². The minimum absolute atomic E-state index is 0.0582. The van der Waals surface area contributed by atoms with Crippen LogP contribution in [-0.4, -0.2) is 25.0 Å². The molecule has 1 heterocycles. The van der Waals surface area contributed by atoms with Crippen molar-refractivity contribution in [2.45, 2.75) is 22.6 Å². The first-order valence-corrected chi connectivity index (χ1v) is 10.5. The number of nitrogens with zero attached hydrogens (tertiary/aromatic N) is 1. The molecule has 0 amide bonds. The van der Waals surface area contributed by atoms with Gasteiger partial charge < -0.3 is 9.57 Å². The van der Waals surface area contributed by atoms with Gasteiger partial charge in [0.15, 0.2) is 0 Å². The summed E-state index contributed by atoms with van der Waals surface area (Å²) in [6.45, 7) is 0. The Morgan fingerprint density at radius 2 is 1.90 bits per heavy atom. The van der Waals surface area contributed by atoms with Crippen LogP contribution in [-0.2, 0) is 19.6 Å². The Labute approximate surface area is 188 Å². The standard InChI is InChI=1S/C19H13Cl2F3INO3/c1-28-17(27)15-3-2-10(4-11(15)9-25)16-8-18(29-26-16,19(22,23)24)12-5-13(20)7-14(21)6-12/h2-7H,8-9H2,1H3. The summed E-state index contributed by atoms with van der Waals surface area (Å²) in [5.74, 6) is -0.522. The Kier molecular flexibility index (Phi) is 6.35. The maximum Gasteiger partial charge on any atom is 0.435 e. The predicted octanol–water partition coefficient (Wildman–Crippen LogP) is 6.30. The summed E-state index contributed by atoms with van der Waals surface area (Å²) < 4.78 is 47.4. The fourth-order valence-corrected chi connectivity index (χ4v) is 4.20. The lowest BCUT2D eigenvalue weighted by Crippen LogP contribution is -2.42. The van der Waals surface area contributed by atoms with Crippen molar-refractivity contribution in [2.75, 3.05) is 7.11 Å². The Bertz CT molecular complexity index is 977. The molecule has 0 aliphatic carbocycles. The lowest BCUT2D eigenvalue weighted by molar-refractivity contribution is -0.275. The molecule has 1 unspecified atom stereocenters. The van der Waals surface area contributed by atoms with E-state index in [-0.39, 0.29) is 21.3 Å². The van der Waals surface area contributed by atoms with Crippen molar-refractivity contribution >= 4 is 57.5 Å². The fourth-order valence-electron chi connectivity index (χ4n) is 3.04. The van der Waals surface area contributed by atoms with Gasteiger partial charge in [0.25, 0.3) is 5.60 Å². The number of hydrogen-bond acceptors (Lipinski definition) is 4.